The maximum Gasteiger partial charge on any atom is 0.0726 e. The molecule has 2 atom stereocenters. The number of aliphatic hydroxyl groups excluding tert-OH is 1. The molecule has 1 nitrogen and oxygen atoms in total. The molecule has 0 heterocycles. The second kappa shape index (κ2) is 1.66. The van der Waals surface area contributed by atoms with Crippen LogP contribution in [0.25, 0.3) is 0 Å². The van der Waals surface area contributed by atoms with Gasteiger partial charge < -0.3 is 5.11 Å². The van der Waals surface area contributed by atoms with Crippen molar-refractivity contribution in [1.82, 2.24) is 0 Å². The van der Waals surface area contributed by atoms with Crippen LogP contribution in [-0.2, 0) is 0 Å². The molecular weight excluding hydrogens is 88.1 g/mol. The topological polar surface area (TPSA) is 20.2 Å². The highest BCUT2D eigenvalue weighted by Crippen LogP contribution is 2.15. The van der Waals surface area contributed by atoms with Gasteiger partial charge in [-0.1, -0.05) is 19.1 Å². The molecule has 1 rings (SSSR count). The minimum Gasteiger partial charge on any atom is -0.389 e. The van der Waals surface area contributed by atoms with Gasteiger partial charge >= 0.3 is 0 Å². The maximum absolute atomic E-state index is 8.81. The average Bonchev–Trinajstić information content (AvgIpc) is 1.87. The normalized spacial score (nSPS) is 39.7. The molecule has 0 saturated heterocycles. The molecule has 0 bridgehead atoms. The molecule has 7 heavy (non-hydrogen) atoms. The molecule has 1 N–H and O–H groups in total. The van der Waals surface area contributed by atoms with Gasteiger partial charge in [0.05, 0.1) is 6.10 Å². The van der Waals surface area contributed by atoms with Gasteiger partial charge in [-0.2, -0.15) is 0 Å². The first-order chi connectivity index (χ1) is 3.29. The van der Waals surface area contributed by atoms with E-state index in [1.54, 1.807) is 0 Å². The Labute approximate surface area is 43.7 Å². The van der Waals surface area contributed by atoms with Crippen molar-refractivity contribution in [1.29, 1.82) is 0 Å². The summed E-state index contributed by atoms with van der Waals surface area (Å²) < 4.78 is 0. The van der Waals surface area contributed by atoms with E-state index in [-0.39, 0.29) is 6.10 Å². The van der Waals surface area contributed by atoms with Gasteiger partial charge in [0.1, 0.15) is 0 Å². The molecule has 1 aliphatic carbocycles. The van der Waals surface area contributed by atoms with Crippen LogP contribution in [0.3, 0.4) is 0 Å². The van der Waals surface area contributed by atoms with Crippen LogP contribution >= 0.6 is 0 Å². The Hall–Kier alpha value is -0.300. The molecule has 40 valence electrons. The van der Waals surface area contributed by atoms with Crippen LogP contribution in [0.2, 0.25) is 0 Å². The zero-order valence-electron chi connectivity index (χ0n) is 4.46. The predicted octanol–water partition coefficient (Wildman–Crippen LogP) is 0.943. The van der Waals surface area contributed by atoms with Gasteiger partial charge in [-0.25, -0.2) is 0 Å². The lowest BCUT2D eigenvalue weighted by Crippen LogP contribution is -1.97. The Balaban J connectivity index is 2.42. The minimum atomic E-state index is -0.157. The number of aliphatic hydroxyl groups is 1. The highest BCUT2D eigenvalue weighted by molar-refractivity contribution is 5.00. The van der Waals surface area contributed by atoms with Gasteiger partial charge in [0.15, 0.2) is 0 Å². The van der Waals surface area contributed by atoms with Crippen molar-refractivity contribution in [2.75, 3.05) is 0 Å². The molecule has 0 radical (unpaired) electrons. The number of hydrogen-bond acceptors (Lipinski definition) is 1. The average molecular weight is 98.1 g/mol. The zero-order chi connectivity index (χ0) is 5.28. The number of allylic oxidation sites excluding steroid dienone is 1. The van der Waals surface area contributed by atoms with E-state index in [0.29, 0.717) is 5.92 Å². The standard InChI is InChI=1S/C6H10O/c1-5-2-3-6(7)4-5/h2-3,5-7H,4H2,1H3/t5-,6+/m1/s1. The number of rotatable bonds is 0. The first-order valence-corrected chi connectivity index (χ1v) is 2.65. The number of hydrogen-bond donors (Lipinski definition) is 1. The molecule has 0 aromatic carbocycles. The summed E-state index contributed by atoms with van der Waals surface area (Å²) in [7, 11) is 0. The van der Waals surface area contributed by atoms with Crippen LogP contribution in [0.1, 0.15) is 13.3 Å². The lowest BCUT2D eigenvalue weighted by molar-refractivity contribution is 0.212. The van der Waals surface area contributed by atoms with Crippen LogP contribution in [0.4, 0.5) is 0 Å². The third-order valence-electron chi connectivity index (χ3n) is 1.28. The Morgan fingerprint density at radius 3 is 2.43 bits per heavy atom. The summed E-state index contributed by atoms with van der Waals surface area (Å²) >= 11 is 0. The molecule has 0 aromatic heterocycles. The fraction of sp³-hybridized carbons (Fsp3) is 0.667. The van der Waals surface area contributed by atoms with E-state index in [9.17, 15) is 0 Å². The van der Waals surface area contributed by atoms with Gasteiger partial charge in [0.2, 0.25) is 0 Å². The van der Waals surface area contributed by atoms with Gasteiger partial charge in [-0.05, 0) is 12.3 Å². The SMILES string of the molecule is C[C@@H]1C=C[C@H](O)C1. The molecule has 0 spiro atoms. The monoisotopic (exact) mass is 98.1 g/mol. The molecule has 0 amide bonds. The van der Waals surface area contributed by atoms with Crippen LogP contribution in [0.15, 0.2) is 12.2 Å². The van der Waals surface area contributed by atoms with Crippen molar-refractivity contribution in [3.8, 4) is 0 Å². The molecular formula is C6H10O. The molecule has 0 unspecified atom stereocenters. The second-order valence-corrected chi connectivity index (χ2v) is 2.17. The molecule has 1 aliphatic rings. The maximum atomic E-state index is 8.81. The van der Waals surface area contributed by atoms with Crippen molar-refractivity contribution >= 4 is 0 Å². The van der Waals surface area contributed by atoms with E-state index in [4.69, 9.17) is 5.11 Å². The van der Waals surface area contributed by atoms with Crippen molar-refractivity contribution in [2.45, 2.75) is 19.4 Å². The quantitative estimate of drug-likeness (QED) is 0.447. The third-order valence-corrected chi connectivity index (χ3v) is 1.28. The summed E-state index contributed by atoms with van der Waals surface area (Å²) in [5.74, 6) is 0.593. The van der Waals surface area contributed by atoms with E-state index >= 15 is 0 Å². The van der Waals surface area contributed by atoms with Crippen molar-refractivity contribution < 1.29 is 5.11 Å². The van der Waals surface area contributed by atoms with Gasteiger partial charge in [0.25, 0.3) is 0 Å². The fourth-order valence-electron chi connectivity index (χ4n) is 0.856. The summed E-state index contributed by atoms with van der Waals surface area (Å²) in [6, 6.07) is 0. The minimum absolute atomic E-state index is 0.157. The third kappa shape index (κ3) is 1.03. The lowest BCUT2D eigenvalue weighted by atomic mass is 10.1. The van der Waals surface area contributed by atoms with E-state index < -0.39 is 0 Å². The zero-order valence-corrected chi connectivity index (χ0v) is 4.46. The molecule has 0 fully saturated rings. The fourth-order valence-corrected chi connectivity index (χ4v) is 0.856. The van der Waals surface area contributed by atoms with E-state index in [0.717, 1.165) is 6.42 Å². The molecule has 0 saturated carbocycles. The Bertz CT molecular complexity index is 76.2. The van der Waals surface area contributed by atoms with Crippen LogP contribution in [-0.4, -0.2) is 11.2 Å². The summed E-state index contributed by atoms with van der Waals surface area (Å²) in [5, 5.41) is 8.81. The summed E-state index contributed by atoms with van der Waals surface area (Å²) in [6.45, 7) is 2.10. The van der Waals surface area contributed by atoms with E-state index in [1.165, 1.54) is 0 Å². The molecule has 0 aromatic rings. The highest BCUT2D eigenvalue weighted by atomic mass is 16.3. The van der Waals surface area contributed by atoms with Crippen molar-refractivity contribution in [2.24, 2.45) is 5.92 Å². The van der Waals surface area contributed by atoms with E-state index in [1.807, 2.05) is 12.2 Å². The second-order valence-electron chi connectivity index (χ2n) is 2.17. The Morgan fingerprint density at radius 1 is 1.57 bits per heavy atom. The lowest BCUT2D eigenvalue weighted by Gasteiger charge is -1.96. The largest absolute Gasteiger partial charge is 0.389 e. The highest BCUT2D eigenvalue weighted by Gasteiger charge is 2.10. The molecule has 0 aliphatic heterocycles. The Kier molecular flexibility index (Phi) is 1.15. The summed E-state index contributed by atoms with van der Waals surface area (Å²) in [6.07, 6.45) is 4.66. The first kappa shape index (κ1) is 4.85. The molecule has 1 heteroatoms. The van der Waals surface area contributed by atoms with Crippen LogP contribution in [0, 0.1) is 5.92 Å². The van der Waals surface area contributed by atoms with Gasteiger partial charge in [0, 0.05) is 0 Å². The van der Waals surface area contributed by atoms with Crippen LogP contribution in [0.5, 0.6) is 0 Å². The van der Waals surface area contributed by atoms with Crippen molar-refractivity contribution in [3.63, 3.8) is 0 Å². The van der Waals surface area contributed by atoms with Gasteiger partial charge in [-0.3, -0.25) is 0 Å². The first-order valence-electron chi connectivity index (χ1n) is 2.65. The smallest absolute Gasteiger partial charge is 0.0726 e. The predicted molar refractivity (Wildman–Crippen MR) is 28.9 cm³/mol. The summed E-state index contributed by atoms with van der Waals surface area (Å²) in [4.78, 5) is 0. The Morgan fingerprint density at radius 2 is 2.29 bits per heavy atom. The van der Waals surface area contributed by atoms with E-state index in [2.05, 4.69) is 6.92 Å². The summed E-state index contributed by atoms with van der Waals surface area (Å²) in [5.41, 5.74) is 0. The van der Waals surface area contributed by atoms with Gasteiger partial charge in [-0.15, -0.1) is 0 Å². The van der Waals surface area contributed by atoms with Crippen molar-refractivity contribution in [3.05, 3.63) is 12.2 Å². The van der Waals surface area contributed by atoms with Crippen LogP contribution < -0.4 is 0 Å².